The van der Waals surface area contributed by atoms with Crippen LogP contribution in [0, 0.1) is 0 Å². The molecule has 98 valence electrons. The topological polar surface area (TPSA) is 94.0 Å². The molecule has 5 N–H and O–H groups in total. The van der Waals surface area contributed by atoms with Crippen LogP contribution in [0.15, 0.2) is 42.6 Å². The van der Waals surface area contributed by atoms with Gasteiger partial charge in [-0.2, -0.15) is 0 Å². The Labute approximate surface area is 111 Å². The van der Waals surface area contributed by atoms with Crippen LogP contribution in [0.4, 0.5) is 11.5 Å². The van der Waals surface area contributed by atoms with Crippen LogP contribution in [-0.4, -0.2) is 10.9 Å². The van der Waals surface area contributed by atoms with Crippen LogP contribution in [0.2, 0.25) is 0 Å². The zero-order valence-corrected chi connectivity index (χ0v) is 10.6. The predicted molar refractivity (Wildman–Crippen MR) is 75.6 cm³/mol. The van der Waals surface area contributed by atoms with Crippen molar-refractivity contribution in [1.29, 1.82) is 0 Å². The van der Waals surface area contributed by atoms with E-state index in [1.165, 1.54) is 0 Å². The fraction of sp³-hybridized carbons (Fsp3) is 0.143. The minimum Gasteiger partial charge on any atom is -0.399 e. The van der Waals surface area contributed by atoms with Gasteiger partial charge in [-0.1, -0.05) is 12.1 Å². The Kier molecular flexibility index (Phi) is 3.66. The summed E-state index contributed by atoms with van der Waals surface area (Å²) in [5.41, 5.74) is 13.2. The molecule has 1 aromatic carbocycles. The highest BCUT2D eigenvalue weighted by Gasteiger charge is 2.08. The van der Waals surface area contributed by atoms with E-state index >= 15 is 0 Å². The first-order valence-corrected chi connectivity index (χ1v) is 5.94. The fourth-order valence-corrected chi connectivity index (χ4v) is 1.80. The number of carbonyl (C=O) groups excluding carboxylic acids is 1. The molecule has 0 spiro atoms. The van der Waals surface area contributed by atoms with E-state index in [0.29, 0.717) is 17.1 Å². The van der Waals surface area contributed by atoms with Gasteiger partial charge in [-0.15, -0.1) is 0 Å². The lowest BCUT2D eigenvalue weighted by molar-refractivity contribution is 0.1000. The normalized spacial score (nSPS) is 11.8. The van der Waals surface area contributed by atoms with Crippen molar-refractivity contribution in [2.75, 3.05) is 11.1 Å². The van der Waals surface area contributed by atoms with Crippen LogP contribution in [0.3, 0.4) is 0 Å². The average Bonchev–Trinajstić information content (AvgIpc) is 2.39. The molecule has 2 rings (SSSR count). The van der Waals surface area contributed by atoms with Crippen LogP contribution in [-0.2, 0) is 0 Å². The highest BCUT2D eigenvalue weighted by molar-refractivity contribution is 5.93. The minimum atomic E-state index is -0.470. The number of aromatic nitrogens is 1. The molecule has 19 heavy (non-hydrogen) atoms. The van der Waals surface area contributed by atoms with E-state index in [0.717, 1.165) is 5.56 Å². The maximum atomic E-state index is 11.1. The molecular formula is C14H16N4O. The number of anilines is 2. The maximum absolute atomic E-state index is 11.1. The largest absolute Gasteiger partial charge is 0.399 e. The molecule has 0 bridgehead atoms. The number of nitrogens with zero attached hydrogens (tertiary/aromatic N) is 1. The van der Waals surface area contributed by atoms with E-state index in [2.05, 4.69) is 10.3 Å². The molecule has 5 heteroatoms. The van der Waals surface area contributed by atoms with Gasteiger partial charge in [0.15, 0.2) is 0 Å². The number of pyridine rings is 1. The molecule has 0 fully saturated rings. The van der Waals surface area contributed by atoms with E-state index in [1.807, 2.05) is 31.2 Å². The highest BCUT2D eigenvalue weighted by atomic mass is 16.1. The maximum Gasteiger partial charge on any atom is 0.248 e. The van der Waals surface area contributed by atoms with Crippen molar-refractivity contribution in [2.24, 2.45) is 5.73 Å². The third kappa shape index (κ3) is 3.22. The van der Waals surface area contributed by atoms with Gasteiger partial charge in [-0.25, -0.2) is 4.98 Å². The molecule has 1 amide bonds. The van der Waals surface area contributed by atoms with Crippen molar-refractivity contribution in [3.05, 3.63) is 53.7 Å². The van der Waals surface area contributed by atoms with Gasteiger partial charge in [-0.3, -0.25) is 4.79 Å². The lowest BCUT2D eigenvalue weighted by Gasteiger charge is -2.15. The van der Waals surface area contributed by atoms with Gasteiger partial charge >= 0.3 is 0 Å². The van der Waals surface area contributed by atoms with Gasteiger partial charge in [-0.05, 0) is 36.8 Å². The van der Waals surface area contributed by atoms with Crippen LogP contribution in [0.25, 0.3) is 0 Å². The number of nitrogen functional groups attached to an aromatic ring is 1. The van der Waals surface area contributed by atoms with Crippen molar-refractivity contribution in [3.8, 4) is 0 Å². The molecule has 2 aromatic rings. The molecule has 0 aliphatic carbocycles. The Hall–Kier alpha value is -2.56. The van der Waals surface area contributed by atoms with E-state index in [1.54, 1.807) is 18.3 Å². The minimum absolute atomic E-state index is 0.0270. The van der Waals surface area contributed by atoms with Crippen molar-refractivity contribution in [3.63, 3.8) is 0 Å². The molecule has 0 saturated heterocycles. The smallest absolute Gasteiger partial charge is 0.248 e. The van der Waals surface area contributed by atoms with Gasteiger partial charge in [0.05, 0.1) is 6.04 Å². The number of nitrogens with two attached hydrogens (primary N) is 2. The van der Waals surface area contributed by atoms with Crippen LogP contribution >= 0.6 is 0 Å². The van der Waals surface area contributed by atoms with Crippen LogP contribution in [0.5, 0.6) is 0 Å². The summed E-state index contributed by atoms with van der Waals surface area (Å²) in [6.07, 6.45) is 1.55. The zero-order valence-electron chi connectivity index (χ0n) is 10.6. The Morgan fingerprint density at radius 1 is 1.32 bits per heavy atom. The van der Waals surface area contributed by atoms with E-state index in [9.17, 15) is 4.79 Å². The molecular weight excluding hydrogens is 240 g/mol. The van der Waals surface area contributed by atoms with Crippen LogP contribution in [0.1, 0.15) is 28.9 Å². The van der Waals surface area contributed by atoms with Gasteiger partial charge in [0.25, 0.3) is 0 Å². The van der Waals surface area contributed by atoms with Crippen molar-refractivity contribution < 1.29 is 4.79 Å². The second kappa shape index (κ2) is 5.39. The molecule has 0 aliphatic heterocycles. The lowest BCUT2D eigenvalue weighted by atomic mass is 10.1. The number of carbonyl (C=O) groups is 1. The number of primary amides is 1. The summed E-state index contributed by atoms with van der Waals surface area (Å²) >= 11 is 0. The van der Waals surface area contributed by atoms with Crippen molar-refractivity contribution in [2.45, 2.75) is 13.0 Å². The van der Waals surface area contributed by atoms with Gasteiger partial charge in [0.2, 0.25) is 5.91 Å². The Bertz CT molecular complexity index is 598. The summed E-state index contributed by atoms with van der Waals surface area (Å²) in [4.78, 5) is 15.3. The average molecular weight is 256 g/mol. The second-order valence-electron chi connectivity index (χ2n) is 4.33. The Balaban J connectivity index is 2.17. The predicted octanol–water partition coefficient (Wildman–Crippen LogP) is 1.94. The van der Waals surface area contributed by atoms with E-state index in [-0.39, 0.29) is 6.04 Å². The van der Waals surface area contributed by atoms with Gasteiger partial charge in [0, 0.05) is 17.4 Å². The number of rotatable bonds is 4. The summed E-state index contributed by atoms with van der Waals surface area (Å²) in [5, 5.41) is 3.21. The molecule has 5 nitrogen and oxygen atoms in total. The number of nitrogens with one attached hydrogen (secondary N) is 1. The summed E-state index contributed by atoms with van der Waals surface area (Å²) in [6, 6.07) is 10.9. The monoisotopic (exact) mass is 256 g/mol. The fourth-order valence-electron chi connectivity index (χ4n) is 1.80. The van der Waals surface area contributed by atoms with Gasteiger partial charge in [0.1, 0.15) is 5.82 Å². The summed E-state index contributed by atoms with van der Waals surface area (Å²) in [5.74, 6) is 0.133. The summed E-state index contributed by atoms with van der Waals surface area (Å²) in [7, 11) is 0. The van der Waals surface area contributed by atoms with E-state index in [4.69, 9.17) is 11.5 Å². The number of amides is 1. The third-order valence-corrected chi connectivity index (χ3v) is 2.82. The SMILES string of the molecule is CC(Nc1cc(C(N)=O)ccn1)c1cccc(N)c1. The molecule has 0 saturated carbocycles. The first kappa shape index (κ1) is 12.9. The van der Waals surface area contributed by atoms with Crippen molar-refractivity contribution >= 4 is 17.4 Å². The third-order valence-electron chi connectivity index (χ3n) is 2.82. The first-order chi connectivity index (χ1) is 9.06. The zero-order chi connectivity index (χ0) is 13.8. The lowest BCUT2D eigenvalue weighted by Crippen LogP contribution is -2.13. The molecule has 0 radical (unpaired) electrons. The molecule has 1 unspecified atom stereocenters. The standard InChI is InChI=1S/C14H16N4O/c1-9(10-3-2-4-12(15)7-10)18-13-8-11(14(16)19)5-6-17-13/h2-9H,15H2,1H3,(H2,16,19)(H,17,18). The van der Waals surface area contributed by atoms with Crippen molar-refractivity contribution in [1.82, 2.24) is 4.98 Å². The molecule has 1 heterocycles. The Morgan fingerprint density at radius 3 is 2.79 bits per heavy atom. The molecule has 0 aliphatic rings. The quantitative estimate of drug-likeness (QED) is 0.728. The molecule has 1 aromatic heterocycles. The number of hydrogen-bond donors (Lipinski definition) is 3. The van der Waals surface area contributed by atoms with Gasteiger partial charge < -0.3 is 16.8 Å². The summed E-state index contributed by atoms with van der Waals surface area (Å²) < 4.78 is 0. The number of hydrogen-bond acceptors (Lipinski definition) is 4. The second-order valence-corrected chi connectivity index (χ2v) is 4.33. The molecule has 1 atom stereocenters. The van der Waals surface area contributed by atoms with Crippen LogP contribution < -0.4 is 16.8 Å². The van der Waals surface area contributed by atoms with E-state index < -0.39 is 5.91 Å². The summed E-state index contributed by atoms with van der Waals surface area (Å²) in [6.45, 7) is 1.99. The number of benzene rings is 1. The Morgan fingerprint density at radius 2 is 2.11 bits per heavy atom. The highest BCUT2D eigenvalue weighted by Crippen LogP contribution is 2.20. The first-order valence-electron chi connectivity index (χ1n) is 5.94.